The molecule has 0 saturated heterocycles. The van der Waals surface area contributed by atoms with Gasteiger partial charge in [0.2, 0.25) is 6.79 Å². The van der Waals surface area contributed by atoms with E-state index in [0.717, 1.165) is 0 Å². The highest BCUT2D eigenvalue weighted by molar-refractivity contribution is 6.34. The van der Waals surface area contributed by atoms with Crippen molar-refractivity contribution in [3.8, 4) is 23.0 Å². The Morgan fingerprint density at radius 2 is 2.04 bits per heavy atom. The van der Waals surface area contributed by atoms with Crippen molar-refractivity contribution in [2.45, 2.75) is 6.92 Å². The lowest BCUT2D eigenvalue weighted by Crippen LogP contribution is -2.13. The van der Waals surface area contributed by atoms with Gasteiger partial charge in [0.25, 0.3) is 11.6 Å². The lowest BCUT2D eigenvalue weighted by Gasteiger charge is -2.10. The average molecular weight is 398 g/mol. The van der Waals surface area contributed by atoms with Crippen molar-refractivity contribution in [2.75, 3.05) is 12.1 Å². The first kappa shape index (κ1) is 16.6. The van der Waals surface area contributed by atoms with Crippen LogP contribution in [0.15, 0.2) is 45.5 Å². The fourth-order valence-electron chi connectivity index (χ4n) is 3.03. The number of carbonyl (C=O) groups excluding carboxylic acids is 1. The molecular formula is C19H12ClN3O5. The molecule has 1 aliphatic heterocycles. The molecule has 0 spiro atoms. The Bertz CT molecular complexity index is 1220. The second-order valence-electron chi connectivity index (χ2n) is 6.12. The lowest BCUT2D eigenvalue weighted by molar-refractivity contribution is 0.102. The van der Waals surface area contributed by atoms with Gasteiger partial charge in [0.05, 0.1) is 33.6 Å². The third kappa shape index (κ3) is 2.66. The lowest BCUT2D eigenvalue weighted by atomic mass is 10.1. The maximum Gasteiger partial charge on any atom is 0.259 e. The zero-order chi connectivity index (χ0) is 19.3. The van der Waals surface area contributed by atoms with Crippen molar-refractivity contribution in [2.24, 2.45) is 0 Å². The highest BCUT2D eigenvalue weighted by Crippen LogP contribution is 2.39. The molecule has 0 saturated carbocycles. The first-order valence-electron chi connectivity index (χ1n) is 8.31. The summed E-state index contributed by atoms with van der Waals surface area (Å²) in [6.07, 6.45) is 1.53. The van der Waals surface area contributed by atoms with E-state index in [-0.39, 0.29) is 12.5 Å². The van der Waals surface area contributed by atoms with Gasteiger partial charge >= 0.3 is 0 Å². The summed E-state index contributed by atoms with van der Waals surface area (Å²) in [5.74, 6) is 1.15. The number of halogens is 1. The molecule has 8 nitrogen and oxygen atoms in total. The number of carbonyl (C=O) groups is 1. The molecule has 0 atom stereocenters. The molecule has 0 fully saturated rings. The summed E-state index contributed by atoms with van der Waals surface area (Å²) in [5, 5.41) is 7.57. The van der Waals surface area contributed by atoms with Crippen LogP contribution in [0.25, 0.3) is 22.6 Å². The molecule has 0 bridgehead atoms. The molecule has 4 heterocycles. The van der Waals surface area contributed by atoms with Crippen molar-refractivity contribution in [1.29, 1.82) is 0 Å². The molecule has 0 aliphatic carbocycles. The molecule has 1 aromatic carbocycles. The van der Waals surface area contributed by atoms with E-state index in [2.05, 4.69) is 15.5 Å². The molecule has 1 amide bonds. The minimum absolute atomic E-state index is 0.112. The number of aromatic nitrogens is 2. The Balaban J connectivity index is 1.58. The van der Waals surface area contributed by atoms with E-state index in [0.29, 0.717) is 50.3 Å². The number of anilines is 1. The number of hydrogen-bond donors (Lipinski definition) is 1. The maximum absolute atomic E-state index is 13.1. The molecule has 0 radical (unpaired) electrons. The van der Waals surface area contributed by atoms with E-state index in [4.69, 9.17) is 30.0 Å². The summed E-state index contributed by atoms with van der Waals surface area (Å²) in [4.78, 5) is 17.5. The van der Waals surface area contributed by atoms with Gasteiger partial charge < -0.3 is 23.7 Å². The number of furan rings is 1. The normalized spacial score (nSPS) is 12.5. The highest BCUT2D eigenvalue weighted by atomic mass is 35.5. The number of hydrogen-bond acceptors (Lipinski definition) is 7. The van der Waals surface area contributed by atoms with E-state index < -0.39 is 5.91 Å². The second kappa shape index (κ2) is 6.28. The van der Waals surface area contributed by atoms with Gasteiger partial charge in [-0.3, -0.25) is 4.79 Å². The van der Waals surface area contributed by atoms with E-state index in [1.165, 1.54) is 6.26 Å². The van der Waals surface area contributed by atoms with Crippen LogP contribution in [0, 0.1) is 6.92 Å². The molecule has 5 rings (SSSR count). The van der Waals surface area contributed by atoms with Gasteiger partial charge in [-0.25, -0.2) is 4.98 Å². The van der Waals surface area contributed by atoms with Crippen molar-refractivity contribution >= 4 is 34.3 Å². The van der Waals surface area contributed by atoms with Gasteiger partial charge in [0.15, 0.2) is 17.3 Å². The summed E-state index contributed by atoms with van der Waals surface area (Å²) in [7, 11) is 0. The summed E-state index contributed by atoms with van der Waals surface area (Å²) in [6, 6.07) is 8.32. The second-order valence-corrected chi connectivity index (χ2v) is 6.53. The predicted octanol–water partition coefficient (Wildman–Crippen LogP) is 4.43. The van der Waals surface area contributed by atoms with Crippen LogP contribution < -0.4 is 14.8 Å². The molecule has 140 valence electrons. The topological polar surface area (TPSA) is 99.6 Å². The number of nitrogens with zero attached hydrogens (tertiary/aromatic N) is 2. The number of amides is 1. The quantitative estimate of drug-likeness (QED) is 0.546. The zero-order valence-electron chi connectivity index (χ0n) is 14.5. The van der Waals surface area contributed by atoms with Crippen LogP contribution >= 0.6 is 11.6 Å². The predicted molar refractivity (Wildman–Crippen MR) is 99.8 cm³/mol. The van der Waals surface area contributed by atoms with E-state index >= 15 is 0 Å². The van der Waals surface area contributed by atoms with Crippen LogP contribution in [0.5, 0.6) is 11.5 Å². The Morgan fingerprint density at radius 3 is 2.82 bits per heavy atom. The highest BCUT2D eigenvalue weighted by Gasteiger charge is 2.22. The Labute approximate surface area is 163 Å². The van der Waals surface area contributed by atoms with Crippen LogP contribution in [0.4, 0.5) is 5.69 Å². The fourth-order valence-corrected chi connectivity index (χ4v) is 3.23. The van der Waals surface area contributed by atoms with E-state index in [9.17, 15) is 4.79 Å². The summed E-state index contributed by atoms with van der Waals surface area (Å²) >= 11 is 6.27. The van der Waals surface area contributed by atoms with Crippen molar-refractivity contribution in [3.05, 3.63) is 52.9 Å². The minimum Gasteiger partial charge on any atom is -0.463 e. The molecule has 1 aliphatic rings. The van der Waals surface area contributed by atoms with Crippen LogP contribution in [0.1, 0.15) is 16.1 Å². The number of aryl methyl sites for hydroxylation is 1. The molecule has 0 unspecified atom stereocenters. The first-order valence-corrected chi connectivity index (χ1v) is 8.69. The molecule has 28 heavy (non-hydrogen) atoms. The van der Waals surface area contributed by atoms with Gasteiger partial charge in [0.1, 0.15) is 5.69 Å². The van der Waals surface area contributed by atoms with Crippen LogP contribution in [-0.2, 0) is 0 Å². The van der Waals surface area contributed by atoms with Crippen LogP contribution in [0.2, 0.25) is 5.02 Å². The van der Waals surface area contributed by atoms with E-state index in [1.807, 2.05) is 0 Å². The Morgan fingerprint density at radius 1 is 1.21 bits per heavy atom. The molecule has 1 N–H and O–H groups in total. The average Bonchev–Trinajstić information content (AvgIpc) is 3.42. The van der Waals surface area contributed by atoms with Gasteiger partial charge in [-0.2, -0.15) is 0 Å². The summed E-state index contributed by atoms with van der Waals surface area (Å²) < 4.78 is 21.3. The smallest absolute Gasteiger partial charge is 0.259 e. The molecule has 3 aromatic heterocycles. The third-order valence-corrected chi connectivity index (χ3v) is 4.66. The Kier molecular flexibility index (Phi) is 3.73. The monoisotopic (exact) mass is 397 g/mol. The number of nitrogens with one attached hydrogen (secondary N) is 1. The number of ether oxygens (including phenoxy) is 2. The first-order chi connectivity index (χ1) is 13.6. The number of benzene rings is 1. The third-order valence-electron chi connectivity index (χ3n) is 4.35. The van der Waals surface area contributed by atoms with Gasteiger partial charge in [0, 0.05) is 12.1 Å². The number of pyridine rings is 1. The van der Waals surface area contributed by atoms with Crippen molar-refractivity contribution in [3.63, 3.8) is 0 Å². The minimum atomic E-state index is -0.396. The van der Waals surface area contributed by atoms with E-state index in [1.54, 1.807) is 37.3 Å². The van der Waals surface area contributed by atoms with Gasteiger partial charge in [-0.15, -0.1) is 0 Å². The summed E-state index contributed by atoms with van der Waals surface area (Å²) in [6.45, 7) is 1.85. The van der Waals surface area contributed by atoms with Gasteiger partial charge in [-0.1, -0.05) is 16.8 Å². The maximum atomic E-state index is 13.1. The van der Waals surface area contributed by atoms with Crippen molar-refractivity contribution in [1.82, 2.24) is 10.1 Å². The fraction of sp³-hybridized carbons (Fsp3) is 0.105. The molecule has 9 heteroatoms. The van der Waals surface area contributed by atoms with Gasteiger partial charge in [-0.05, 0) is 25.1 Å². The largest absolute Gasteiger partial charge is 0.463 e. The molecular weight excluding hydrogens is 386 g/mol. The van der Waals surface area contributed by atoms with Crippen molar-refractivity contribution < 1.29 is 23.2 Å². The zero-order valence-corrected chi connectivity index (χ0v) is 15.2. The Hall–Kier alpha value is -3.52. The molecule has 4 aromatic rings. The van der Waals surface area contributed by atoms with Crippen LogP contribution in [-0.4, -0.2) is 22.8 Å². The number of rotatable bonds is 3. The van der Waals surface area contributed by atoms with Crippen LogP contribution in [0.3, 0.4) is 0 Å². The SMILES string of the molecule is Cc1noc2nc(-c3ccco3)cc(C(=O)Nc3cc4c(cc3Cl)OCO4)c12. The summed E-state index contributed by atoms with van der Waals surface area (Å²) in [5.41, 5.74) is 1.98. The standard InChI is InChI=1S/C19H12ClN3O5/c1-9-17-10(5-13(14-3-2-4-25-14)22-19(17)28-23-9)18(24)21-12-7-16-15(6-11(12)20)26-8-27-16/h2-7H,8H2,1H3,(H,21,24). The number of fused-ring (bicyclic) bond motifs is 2.